The molecule has 3 aromatic carbocycles. The quantitative estimate of drug-likeness (QED) is 0.421. The van der Waals surface area contributed by atoms with Gasteiger partial charge in [-0.1, -0.05) is 24.3 Å². The van der Waals surface area contributed by atoms with Gasteiger partial charge < -0.3 is 0 Å². The largest absolute Gasteiger partial charge is 0.416 e. The molecule has 0 aliphatic carbocycles. The number of fused-ring (bicyclic) bond motifs is 1. The molecule has 4 nitrogen and oxygen atoms in total. The summed E-state index contributed by atoms with van der Waals surface area (Å²) in [5, 5.41) is 5.83. The van der Waals surface area contributed by atoms with Crippen molar-refractivity contribution in [3.05, 3.63) is 83.8 Å². The molecule has 1 aromatic heterocycles. The maximum absolute atomic E-state index is 14.4. The first-order chi connectivity index (χ1) is 14.4. The molecule has 4 aromatic rings. The first kappa shape index (κ1) is 21.1. The summed E-state index contributed by atoms with van der Waals surface area (Å²) in [7, 11) is -4.01. The third kappa shape index (κ3) is 3.94. The van der Waals surface area contributed by atoms with Crippen LogP contribution in [0.3, 0.4) is 0 Å². The van der Waals surface area contributed by atoms with Crippen molar-refractivity contribution >= 4 is 21.1 Å². The lowest BCUT2D eigenvalue weighted by molar-refractivity contribution is -0.137. The monoisotopic (exact) mass is 448 g/mol. The minimum Gasteiger partial charge on any atom is -0.233 e. The van der Waals surface area contributed by atoms with Gasteiger partial charge in [-0.3, -0.25) is 0 Å². The van der Waals surface area contributed by atoms with Gasteiger partial charge in [0.1, 0.15) is 5.82 Å². The van der Waals surface area contributed by atoms with Crippen LogP contribution in [0.1, 0.15) is 11.1 Å². The maximum Gasteiger partial charge on any atom is 0.416 e. The summed E-state index contributed by atoms with van der Waals surface area (Å²) < 4.78 is 78.4. The summed E-state index contributed by atoms with van der Waals surface area (Å²) in [5.74, 6) is -0.775. The highest BCUT2D eigenvalue weighted by atomic mass is 32.2. The summed E-state index contributed by atoms with van der Waals surface area (Å²) in [5.41, 5.74) is 1.46. The van der Waals surface area contributed by atoms with E-state index in [9.17, 15) is 26.0 Å². The number of hydrogen-bond acceptors (Lipinski definition) is 2. The fourth-order valence-electron chi connectivity index (χ4n) is 3.63. The van der Waals surface area contributed by atoms with Gasteiger partial charge in [-0.25, -0.2) is 13.5 Å². The lowest BCUT2D eigenvalue weighted by Crippen LogP contribution is -2.20. The molecule has 0 bridgehead atoms. The second kappa shape index (κ2) is 7.21. The van der Waals surface area contributed by atoms with Crippen molar-refractivity contribution in [2.24, 2.45) is 5.14 Å². The summed E-state index contributed by atoms with van der Waals surface area (Å²) in [6.07, 6.45) is -3.27. The van der Waals surface area contributed by atoms with Crippen molar-refractivity contribution in [1.29, 1.82) is 0 Å². The molecular formula is C22H16F4N2O2S. The number of nitrogens with zero attached hydrogens (tertiary/aromatic N) is 1. The standard InChI is InChI=1S/C22H16F4N2O2S/c1-13-9-14(17-3-2-4-21-18(17)7-8-28(21)31(27,29)30)11-15(10-13)19-12-16(22(24,25)26)5-6-20(19)23/h2-12H,1H3,(H2,27,29,30). The Labute approximate surface area is 175 Å². The summed E-state index contributed by atoms with van der Waals surface area (Å²) >= 11 is 0. The molecule has 0 aliphatic rings. The highest BCUT2D eigenvalue weighted by Gasteiger charge is 2.31. The third-order valence-corrected chi connectivity index (χ3v) is 5.83. The van der Waals surface area contributed by atoms with Gasteiger partial charge >= 0.3 is 16.4 Å². The number of alkyl halides is 3. The Hall–Kier alpha value is -3.17. The molecule has 0 unspecified atom stereocenters. The van der Waals surface area contributed by atoms with Crippen LogP contribution in [0.5, 0.6) is 0 Å². The third-order valence-electron chi connectivity index (χ3n) is 4.96. The fourth-order valence-corrected chi connectivity index (χ4v) is 4.30. The van der Waals surface area contributed by atoms with Crippen LogP contribution in [-0.4, -0.2) is 12.4 Å². The van der Waals surface area contributed by atoms with Crippen LogP contribution in [0.2, 0.25) is 0 Å². The van der Waals surface area contributed by atoms with E-state index in [0.29, 0.717) is 33.7 Å². The van der Waals surface area contributed by atoms with Crippen LogP contribution >= 0.6 is 0 Å². The molecule has 0 radical (unpaired) electrons. The normalized spacial score (nSPS) is 12.5. The Bertz CT molecular complexity index is 1420. The molecule has 0 saturated carbocycles. The van der Waals surface area contributed by atoms with Crippen molar-refractivity contribution < 1.29 is 26.0 Å². The van der Waals surface area contributed by atoms with E-state index in [1.807, 2.05) is 0 Å². The summed E-state index contributed by atoms with van der Waals surface area (Å²) in [4.78, 5) is 0. The van der Waals surface area contributed by atoms with E-state index in [2.05, 4.69) is 0 Å². The van der Waals surface area contributed by atoms with Gasteiger partial charge in [0.25, 0.3) is 0 Å². The fraction of sp³-hybridized carbons (Fsp3) is 0.0909. The average Bonchev–Trinajstić information content (AvgIpc) is 3.11. The molecule has 31 heavy (non-hydrogen) atoms. The van der Waals surface area contributed by atoms with Crippen LogP contribution in [0.25, 0.3) is 33.2 Å². The van der Waals surface area contributed by atoms with E-state index >= 15 is 0 Å². The number of nitrogens with two attached hydrogens (primary N) is 1. The van der Waals surface area contributed by atoms with Crippen molar-refractivity contribution in [3.63, 3.8) is 0 Å². The lowest BCUT2D eigenvalue weighted by Gasteiger charge is -2.13. The zero-order valence-corrected chi connectivity index (χ0v) is 16.9. The predicted octanol–water partition coefficient (Wildman–Crippen LogP) is 5.49. The van der Waals surface area contributed by atoms with E-state index in [1.165, 1.54) is 6.20 Å². The van der Waals surface area contributed by atoms with Crippen molar-refractivity contribution in [2.75, 3.05) is 0 Å². The zero-order chi connectivity index (χ0) is 22.6. The molecule has 9 heteroatoms. The molecule has 0 spiro atoms. The van der Waals surface area contributed by atoms with E-state index in [1.54, 1.807) is 49.4 Å². The molecule has 2 N–H and O–H groups in total. The number of aromatic nitrogens is 1. The van der Waals surface area contributed by atoms with Gasteiger partial charge in [-0.15, -0.1) is 0 Å². The van der Waals surface area contributed by atoms with Gasteiger partial charge in [-0.2, -0.15) is 21.6 Å². The Morgan fingerprint density at radius 3 is 2.23 bits per heavy atom. The van der Waals surface area contributed by atoms with Crippen molar-refractivity contribution in [3.8, 4) is 22.3 Å². The molecule has 1 heterocycles. The lowest BCUT2D eigenvalue weighted by atomic mass is 9.94. The number of rotatable bonds is 3. The van der Waals surface area contributed by atoms with Crippen molar-refractivity contribution in [1.82, 2.24) is 3.97 Å². The van der Waals surface area contributed by atoms with Crippen LogP contribution < -0.4 is 5.14 Å². The number of halogens is 4. The van der Waals surface area contributed by atoms with Crippen LogP contribution in [0.4, 0.5) is 17.6 Å². The highest BCUT2D eigenvalue weighted by molar-refractivity contribution is 7.87. The van der Waals surface area contributed by atoms with Crippen LogP contribution in [0, 0.1) is 12.7 Å². The Balaban J connectivity index is 1.92. The zero-order valence-electron chi connectivity index (χ0n) is 16.1. The van der Waals surface area contributed by atoms with E-state index < -0.39 is 27.8 Å². The maximum atomic E-state index is 14.4. The molecule has 0 saturated heterocycles. The molecule has 0 amide bonds. The first-order valence-corrected chi connectivity index (χ1v) is 10.6. The van der Waals surface area contributed by atoms with Gasteiger partial charge in [0.2, 0.25) is 0 Å². The van der Waals surface area contributed by atoms with Gasteiger partial charge in [-0.05, 0) is 65.6 Å². The topological polar surface area (TPSA) is 65.1 Å². The van der Waals surface area contributed by atoms with E-state index in [-0.39, 0.29) is 11.1 Å². The number of hydrogen-bond donors (Lipinski definition) is 1. The second-order valence-electron chi connectivity index (χ2n) is 7.17. The Morgan fingerprint density at radius 1 is 0.903 bits per heavy atom. The van der Waals surface area contributed by atoms with Gasteiger partial charge in [0, 0.05) is 17.1 Å². The minimum absolute atomic E-state index is 0.172. The van der Waals surface area contributed by atoms with Gasteiger partial charge in [0.05, 0.1) is 11.1 Å². The summed E-state index contributed by atoms with van der Waals surface area (Å²) in [6, 6.07) is 13.8. The molecule has 160 valence electrons. The van der Waals surface area contributed by atoms with E-state index in [4.69, 9.17) is 5.14 Å². The molecule has 0 fully saturated rings. The van der Waals surface area contributed by atoms with E-state index in [0.717, 1.165) is 16.1 Å². The predicted molar refractivity (Wildman–Crippen MR) is 111 cm³/mol. The summed E-state index contributed by atoms with van der Waals surface area (Å²) in [6.45, 7) is 1.74. The first-order valence-electron chi connectivity index (χ1n) is 9.08. The molecular weight excluding hydrogens is 432 g/mol. The smallest absolute Gasteiger partial charge is 0.233 e. The highest BCUT2D eigenvalue weighted by Crippen LogP contribution is 2.37. The Kier molecular flexibility index (Phi) is 4.90. The number of benzene rings is 3. The molecule has 0 atom stereocenters. The van der Waals surface area contributed by atoms with Crippen molar-refractivity contribution in [2.45, 2.75) is 13.1 Å². The van der Waals surface area contributed by atoms with Crippen LogP contribution in [-0.2, 0) is 16.4 Å². The second-order valence-corrected chi connectivity index (χ2v) is 8.60. The average molecular weight is 448 g/mol. The number of aryl methyl sites for hydroxylation is 1. The van der Waals surface area contributed by atoms with Gasteiger partial charge in [0.15, 0.2) is 0 Å². The molecule has 0 aliphatic heterocycles. The van der Waals surface area contributed by atoms with Crippen LogP contribution in [0.15, 0.2) is 66.9 Å². The SMILES string of the molecule is Cc1cc(-c2cc(C(F)(F)F)ccc2F)cc(-c2cccc3c2ccn3S(N)(=O)=O)c1. The Morgan fingerprint density at radius 2 is 1.58 bits per heavy atom. The minimum atomic E-state index is -4.60. The molecule has 4 rings (SSSR count).